The van der Waals surface area contributed by atoms with E-state index < -0.39 is 0 Å². The summed E-state index contributed by atoms with van der Waals surface area (Å²) in [7, 11) is 0. The van der Waals surface area contributed by atoms with Crippen molar-refractivity contribution < 1.29 is 4.79 Å². The molecule has 3 aromatic rings. The van der Waals surface area contributed by atoms with E-state index in [0.29, 0.717) is 14.9 Å². The lowest BCUT2D eigenvalue weighted by Gasteiger charge is -2.07. The largest absolute Gasteiger partial charge is 0.320 e. The van der Waals surface area contributed by atoms with Crippen LogP contribution in [0.4, 0.5) is 5.69 Å². The van der Waals surface area contributed by atoms with Gasteiger partial charge in [-0.2, -0.15) is 5.10 Å². The summed E-state index contributed by atoms with van der Waals surface area (Å²) in [5, 5.41) is 8.01. The molecule has 0 saturated carbocycles. The Kier molecular flexibility index (Phi) is 3.65. The summed E-state index contributed by atoms with van der Waals surface area (Å²) in [6.45, 7) is 4.09. The molecule has 0 aliphatic carbocycles. The van der Waals surface area contributed by atoms with Crippen molar-refractivity contribution in [2.45, 2.75) is 19.9 Å². The number of halogens is 1. The fourth-order valence-corrected chi connectivity index (χ4v) is 2.95. The smallest absolute Gasteiger partial charge is 0.265 e. The highest BCUT2D eigenvalue weighted by Gasteiger charge is 2.11. The third kappa shape index (κ3) is 2.77. The van der Waals surface area contributed by atoms with Crippen LogP contribution in [0.25, 0.3) is 11.0 Å². The molecule has 7 heteroatoms. The minimum Gasteiger partial charge on any atom is -0.320 e. The fraction of sp³-hybridized carbons (Fsp3) is 0.214. The fourth-order valence-electron chi connectivity index (χ4n) is 2.02. The molecule has 21 heavy (non-hydrogen) atoms. The van der Waals surface area contributed by atoms with E-state index in [1.165, 1.54) is 11.3 Å². The summed E-state index contributed by atoms with van der Waals surface area (Å²) in [6, 6.07) is 5.51. The molecule has 0 saturated heterocycles. The Morgan fingerprint density at radius 3 is 2.86 bits per heavy atom. The van der Waals surface area contributed by atoms with Gasteiger partial charge in [-0.05, 0) is 32.0 Å². The lowest BCUT2D eigenvalue weighted by molar-refractivity contribution is 0.103. The molecule has 3 rings (SSSR count). The zero-order valence-corrected chi connectivity index (χ0v) is 13.1. The van der Waals surface area contributed by atoms with E-state index in [0.717, 1.165) is 11.0 Å². The highest BCUT2D eigenvalue weighted by Crippen LogP contribution is 2.23. The normalized spacial score (nSPS) is 11.2. The van der Waals surface area contributed by atoms with Crippen LogP contribution in [0, 0.1) is 0 Å². The topological polar surface area (TPSA) is 59.8 Å². The molecule has 0 fully saturated rings. The van der Waals surface area contributed by atoms with Crippen molar-refractivity contribution in [1.29, 1.82) is 0 Å². The number of aromatic nitrogens is 3. The molecule has 108 valence electrons. The van der Waals surface area contributed by atoms with Crippen molar-refractivity contribution in [3.8, 4) is 0 Å². The molecule has 0 atom stereocenters. The number of carbonyl (C=O) groups excluding carboxylic acids is 1. The SMILES string of the molecule is CC(C)n1ncc2cc(NC(=O)c3ccc(Cl)s3)cnc21. The van der Waals surface area contributed by atoms with Gasteiger partial charge in [0.05, 0.1) is 27.3 Å². The van der Waals surface area contributed by atoms with Gasteiger partial charge in [0, 0.05) is 11.4 Å². The van der Waals surface area contributed by atoms with Crippen molar-refractivity contribution in [2.75, 3.05) is 5.32 Å². The molecule has 0 aliphatic heterocycles. The van der Waals surface area contributed by atoms with Gasteiger partial charge in [0.15, 0.2) is 5.65 Å². The van der Waals surface area contributed by atoms with E-state index in [2.05, 4.69) is 15.4 Å². The lowest BCUT2D eigenvalue weighted by Crippen LogP contribution is -2.10. The Labute approximate surface area is 130 Å². The van der Waals surface area contributed by atoms with Crippen LogP contribution in [0.5, 0.6) is 0 Å². The van der Waals surface area contributed by atoms with Crippen LogP contribution in [0.1, 0.15) is 29.6 Å². The van der Waals surface area contributed by atoms with Crippen LogP contribution in [-0.4, -0.2) is 20.7 Å². The van der Waals surface area contributed by atoms with Gasteiger partial charge in [0.25, 0.3) is 5.91 Å². The second-order valence-electron chi connectivity index (χ2n) is 4.88. The molecule has 1 N–H and O–H groups in total. The molecule has 0 aromatic carbocycles. The van der Waals surface area contributed by atoms with E-state index in [9.17, 15) is 4.79 Å². The van der Waals surface area contributed by atoms with Gasteiger partial charge < -0.3 is 5.32 Å². The Bertz CT molecular complexity index is 808. The molecule has 0 bridgehead atoms. The van der Waals surface area contributed by atoms with Crippen LogP contribution >= 0.6 is 22.9 Å². The van der Waals surface area contributed by atoms with Gasteiger partial charge in [0.2, 0.25) is 0 Å². The van der Waals surface area contributed by atoms with Crippen molar-refractivity contribution in [3.05, 3.63) is 39.8 Å². The maximum absolute atomic E-state index is 12.1. The minimum absolute atomic E-state index is 0.190. The van der Waals surface area contributed by atoms with E-state index in [1.54, 1.807) is 24.5 Å². The first-order valence-corrected chi connectivity index (χ1v) is 7.64. The number of hydrogen-bond acceptors (Lipinski definition) is 4. The van der Waals surface area contributed by atoms with Gasteiger partial charge in [-0.3, -0.25) is 4.79 Å². The predicted octanol–water partition coefficient (Wildman–Crippen LogP) is 3.98. The Balaban J connectivity index is 1.86. The number of fused-ring (bicyclic) bond motifs is 1. The third-order valence-electron chi connectivity index (χ3n) is 2.98. The molecule has 0 unspecified atom stereocenters. The van der Waals surface area contributed by atoms with Gasteiger partial charge in [-0.25, -0.2) is 9.67 Å². The summed E-state index contributed by atoms with van der Waals surface area (Å²) in [4.78, 5) is 17.0. The summed E-state index contributed by atoms with van der Waals surface area (Å²) < 4.78 is 2.44. The molecule has 3 aromatic heterocycles. The average molecular weight is 321 g/mol. The van der Waals surface area contributed by atoms with Gasteiger partial charge in [-0.1, -0.05) is 11.6 Å². The monoisotopic (exact) mass is 320 g/mol. The van der Waals surface area contributed by atoms with Gasteiger partial charge in [-0.15, -0.1) is 11.3 Å². The number of pyridine rings is 1. The number of hydrogen-bond donors (Lipinski definition) is 1. The highest BCUT2D eigenvalue weighted by molar-refractivity contribution is 7.18. The first-order chi connectivity index (χ1) is 10.0. The Morgan fingerprint density at radius 1 is 1.38 bits per heavy atom. The van der Waals surface area contributed by atoms with Crippen LogP contribution in [0.15, 0.2) is 30.6 Å². The van der Waals surface area contributed by atoms with Crippen LogP contribution in [0.2, 0.25) is 4.34 Å². The maximum atomic E-state index is 12.1. The zero-order valence-electron chi connectivity index (χ0n) is 11.5. The standard InChI is InChI=1S/C14H13ClN4OS/c1-8(2)19-13-9(6-17-19)5-10(7-16-13)18-14(20)11-3-4-12(15)21-11/h3-8H,1-2H3,(H,18,20). The lowest BCUT2D eigenvalue weighted by atomic mass is 10.3. The summed E-state index contributed by atoms with van der Waals surface area (Å²) in [5.41, 5.74) is 1.45. The molecule has 3 heterocycles. The molecule has 0 aliphatic rings. The molecular weight excluding hydrogens is 308 g/mol. The van der Waals surface area contributed by atoms with Crippen molar-refractivity contribution >= 4 is 45.6 Å². The minimum atomic E-state index is -0.190. The Morgan fingerprint density at radius 2 is 2.19 bits per heavy atom. The third-order valence-corrected chi connectivity index (χ3v) is 4.21. The van der Waals surface area contributed by atoms with Gasteiger partial charge in [0.1, 0.15) is 0 Å². The maximum Gasteiger partial charge on any atom is 0.265 e. The first-order valence-electron chi connectivity index (χ1n) is 6.44. The number of rotatable bonds is 3. The number of thiophene rings is 1. The summed E-state index contributed by atoms with van der Waals surface area (Å²) in [5.74, 6) is -0.190. The average Bonchev–Trinajstić information content (AvgIpc) is 3.04. The second kappa shape index (κ2) is 5.46. The molecule has 0 radical (unpaired) electrons. The second-order valence-corrected chi connectivity index (χ2v) is 6.59. The molecule has 1 amide bonds. The van der Waals surface area contributed by atoms with Crippen molar-refractivity contribution in [2.24, 2.45) is 0 Å². The Hall–Kier alpha value is -1.92. The number of nitrogens with zero attached hydrogens (tertiary/aromatic N) is 3. The van der Waals surface area contributed by atoms with Gasteiger partial charge >= 0.3 is 0 Å². The first kappa shape index (κ1) is 14.0. The van der Waals surface area contributed by atoms with Crippen molar-refractivity contribution in [3.63, 3.8) is 0 Å². The van der Waals surface area contributed by atoms with Crippen molar-refractivity contribution in [1.82, 2.24) is 14.8 Å². The predicted molar refractivity (Wildman–Crippen MR) is 85.2 cm³/mol. The zero-order chi connectivity index (χ0) is 15.0. The number of amides is 1. The molecule has 5 nitrogen and oxygen atoms in total. The van der Waals surface area contributed by atoms with Crippen LogP contribution < -0.4 is 5.32 Å². The highest BCUT2D eigenvalue weighted by atomic mass is 35.5. The van der Waals surface area contributed by atoms with E-state index >= 15 is 0 Å². The van der Waals surface area contributed by atoms with E-state index in [-0.39, 0.29) is 11.9 Å². The van der Waals surface area contributed by atoms with E-state index in [1.807, 2.05) is 24.6 Å². The quantitative estimate of drug-likeness (QED) is 0.794. The summed E-state index contributed by atoms with van der Waals surface area (Å²) >= 11 is 7.08. The molecular formula is C14H13ClN4OS. The summed E-state index contributed by atoms with van der Waals surface area (Å²) in [6.07, 6.45) is 3.38. The molecule has 0 spiro atoms. The number of nitrogens with one attached hydrogen (secondary N) is 1. The number of carbonyl (C=O) groups is 1. The van der Waals surface area contributed by atoms with Crippen LogP contribution in [-0.2, 0) is 0 Å². The van der Waals surface area contributed by atoms with Crippen LogP contribution in [0.3, 0.4) is 0 Å². The number of anilines is 1. The van der Waals surface area contributed by atoms with E-state index in [4.69, 9.17) is 11.6 Å².